The average molecular weight is 181 g/mol. The van der Waals surface area contributed by atoms with Crippen LogP contribution in [0.3, 0.4) is 0 Å². The van der Waals surface area contributed by atoms with Gasteiger partial charge in [0.2, 0.25) is 0 Å². The minimum Gasteiger partial charge on any atom is -0.459 e. The van der Waals surface area contributed by atoms with Crippen molar-refractivity contribution in [2.75, 3.05) is 0 Å². The number of halogens is 2. The van der Waals surface area contributed by atoms with Gasteiger partial charge in [-0.15, -0.1) is 0 Å². The molecule has 4 heteroatoms. The van der Waals surface area contributed by atoms with Crippen molar-refractivity contribution < 1.29 is 13.9 Å². The number of hydrogen-bond donors (Lipinski definition) is 0. The maximum Gasteiger partial charge on any atom is 0.360 e. The van der Waals surface area contributed by atoms with Crippen LogP contribution in [0.5, 0.6) is 0 Å². The topological polar surface area (TPSA) is 26.3 Å². The van der Waals surface area contributed by atoms with Gasteiger partial charge in [0, 0.05) is 0 Å². The van der Waals surface area contributed by atoms with Crippen LogP contribution in [0.1, 0.15) is 20.3 Å². The van der Waals surface area contributed by atoms with E-state index in [2.05, 4.69) is 0 Å². The molecule has 0 aromatic heterocycles. The molecule has 1 saturated heterocycles. The standard InChI is InChI=1S/C7H10ClFO2/c1-3-5-4(2)7(8,9)6(10)11-5/h4-5H,3H2,1-2H3/t4?,5-,7-/m1/s1. The van der Waals surface area contributed by atoms with E-state index in [-0.39, 0.29) is 6.10 Å². The zero-order chi connectivity index (χ0) is 8.65. The molecule has 1 aliphatic heterocycles. The van der Waals surface area contributed by atoms with Crippen molar-refractivity contribution >= 4 is 17.6 Å². The van der Waals surface area contributed by atoms with Gasteiger partial charge >= 0.3 is 5.97 Å². The highest BCUT2D eigenvalue weighted by Gasteiger charge is 2.54. The molecule has 64 valence electrons. The largest absolute Gasteiger partial charge is 0.459 e. The SMILES string of the molecule is CC[C@H]1OC(=O)[C@@](F)(Cl)C1C. The summed E-state index contributed by atoms with van der Waals surface area (Å²) in [6.45, 7) is 3.40. The molecule has 0 aromatic rings. The van der Waals surface area contributed by atoms with Crippen molar-refractivity contribution in [1.29, 1.82) is 0 Å². The second-order valence-corrected chi connectivity index (χ2v) is 3.31. The molecule has 2 nitrogen and oxygen atoms in total. The van der Waals surface area contributed by atoms with Crippen molar-refractivity contribution in [1.82, 2.24) is 0 Å². The zero-order valence-corrected chi connectivity index (χ0v) is 7.19. The van der Waals surface area contributed by atoms with E-state index in [1.165, 1.54) is 0 Å². The molecule has 11 heavy (non-hydrogen) atoms. The average Bonchev–Trinajstić information content (AvgIpc) is 2.14. The molecule has 0 radical (unpaired) electrons. The Labute approximate surface area is 69.7 Å². The van der Waals surface area contributed by atoms with E-state index >= 15 is 0 Å². The smallest absolute Gasteiger partial charge is 0.360 e. The molecule has 1 heterocycles. The normalized spacial score (nSPS) is 44.2. The fraction of sp³-hybridized carbons (Fsp3) is 0.857. The van der Waals surface area contributed by atoms with Crippen molar-refractivity contribution in [3.05, 3.63) is 0 Å². The van der Waals surface area contributed by atoms with Gasteiger partial charge in [-0.05, 0) is 6.42 Å². The number of carbonyl (C=O) groups is 1. The Balaban J connectivity index is 2.80. The predicted octanol–water partition coefficient (Wildman–Crippen LogP) is 1.86. The number of alkyl halides is 2. The molecule has 1 rings (SSSR count). The van der Waals surface area contributed by atoms with Gasteiger partial charge in [0.15, 0.2) is 0 Å². The summed E-state index contributed by atoms with van der Waals surface area (Å²) in [6.07, 6.45) is 0.232. The number of cyclic esters (lactones) is 1. The number of ether oxygens (including phenoxy) is 1. The summed E-state index contributed by atoms with van der Waals surface area (Å²) in [5.41, 5.74) is 0. The summed E-state index contributed by atoms with van der Waals surface area (Å²) in [6, 6.07) is 0. The molecule has 0 saturated carbocycles. The van der Waals surface area contributed by atoms with E-state index in [9.17, 15) is 9.18 Å². The van der Waals surface area contributed by atoms with Crippen LogP contribution in [0, 0.1) is 5.92 Å². The highest BCUT2D eigenvalue weighted by atomic mass is 35.5. The third kappa shape index (κ3) is 1.22. The Hall–Kier alpha value is -0.310. The van der Waals surface area contributed by atoms with E-state index in [4.69, 9.17) is 16.3 Å². The molecule has 0 N–H and O–H groups in total. The monoisotopic (exact) mass is 180 g/mol. The van der Waals surface area contributed by atoms with Gasteiger partial charge in [0.05, 0.1) is 5.92 Å². The highest BCUT2D eigenvalue weighted by molar-refractivity contribution is 6.33. The van der Waals surface area contributed by atoms with Crippen LogP contribution in [-0.4, -0.2) is 17.2 Å². The number of esters is 1. The Morgan fingerprint density at radius 2 is 2.36 bits per heavy atom. The maximum atomic E-state index is 13.1. The lowest BCUT2D eigenvalue weighted by molar-refractivity contribution is -0.146. The van der Waals surface area contributed by atoms with Gasteiger partial charge < -0.3 is 4.74 Å². The quantitative estimate of drug-likeness (QED) is 0.455. The van der Waals surface area contributed by atoms with Crippen LogP contribution in [0.15, 0.2) is 0 Å². The van der Waals surface area contributed by atoms with Crippen LogP contribution < -0.4 is 0 Å². The first-order chi connectivity index (χ1) is 5.00. The molecule has 0 amide bonds. The lowest BCUT2D eigenvalue weighted by Crippen LogP contribution is -2.28. The van der Waals surface area contributed by atoms with Crippen LogP contribution in [0.4, 0.5) is 4.39 Å². The summed E-state index contributed by atoms with van der Waals surface area (Å²) in [4.78, 5) is 10.7. The van der Waals surface area contributed by atoms with Crippen molar-refractivity contribution in [2.24, 2.45) is 5.92 Å². The predicted molar refractivity (Wildman–Crippen MR) is 39.0 cm³/mol. The first-order valence-corrected chi connectivity index (χ1v) is 3.96. The lowest BCUT2D eigenvalue weighted by Gasteiger charge is -2.13. The molecule has 1 unspecified atom stereocenters. The summed E-state index contributed by atoms with van der Waals surface area (Å²) in [5, 5.41) is -2.30. The van der Waals surface area contributed by atoms with Gasteiger partial charge in [-0.3, -0.25) is 0 Å². The molecule has 1 aliphatic rings. The Bertz CT molecular complexity index is 181. The van der Waals surface area contributed by atoms with E-state index in [0.717, 1.165) is 0 Å². The summed E-state index contributed by atoms with van der Waals surface area (Å²) in [5.74, 6) is -1.50. The summed E-state index contributed by atoms with van der Waals surface area (Å²) < 4.78 is 17.8. The van der Waals surface area contributed by atoms with Gasteiger partial charge in [0.1, 0.15) is 6.10 Å². The van der Waals surface area contributed by atoms with Gasteiger partial charge in [0.25, 0.3) is 5.13 Å². The third-order valence-corrected chi connectivity index (χ3v) is 2.56. The third-order valence-electron chi connectivity index (χ3n) is 2.06. The van der Waals surface area contributed by atoms with Crippen LogP contribution >= 0.6 is 11.6 Å². The number of carbonyl (C=O) groups excluding carboxylic acids is 1. The fourth-order valence-corrected chi connectivity index (χ4v) is 1.36. The van der Waals surface area contributed by atoms with Crippen molar-refractivity contribution in [3.8, 4) is 0 Å². The molecule has 1 fully saturated rings. The molecule has 3 atom stereocenters. The van der Waals surface area contributed by atoms with E-state index in [0.29, 0.717) is 6.42 Å². The molecule has 0 spiro atoms. The second kappa shape index (κ2) is 2.63. The maximum absolute atomic E-state index is 13.1. The lowest BCUT2D eigenvalue weighted by atomic mass is 10.0. The van der Waals surface area contributed by atoms with E-state index < -0.39 is 17.0 Å². The minimum absolute atomic E-state index is 0.370. The van der Waals surface area contributed by atoms with Gasteiger partial charge in [-0.2, -0.15) is 0 Å². The van der Waals surface area contributed by atoms with Crippen LogP contribution in [0.25, 0.3) is 0 Å². The first-order valence-electron chi connectivity index (χ1n) is 3.59. The molecule has 0 aromatic carbocycles. The van der Waals surface area contributed by atoms with Gasteiger partial charge in [-0.1, -0.05) is 25.4 Å². The first kappa shape index (κ1) is 8.78. The summed E-state index contributed by atoms with van der Waals surface area (Å²) >= 11 is 5.30. The fourth-order valence-electron chi connectivity index (χ4n) is 1.17. The van der Waals surface area contributed by atoms with Crippen LogP contribution in [0.2, 0.25) is 0 Å². The minimum atomic E-state index is -2.30. The van der Waals surface area contributed by atoms with Crippen LogP contribution in [-0.2, 0) is 9.53 Å². The molecular weight excluding hydrogens is 171 g/mol. The van der Waals surface area contributed by atoms with Gasteiger partial charge in [-0.25, -0.2) is 9.18 Å². The highest BCUT2D eigenvalue weighted by Crippen LogP contribution is 2.39. The second-order valence-electron chi connectivity index (χ2n) is 2.76. The molecular formula is C7H10ClFO2. The van der Waals surface area contributed by atoms with Crippen molar-refractivity contribution in [3.63, 3.8) is 0 Å². The Kier molecular flexibility index (Phi) is 2.10. The van der Waals surface area contributed by atoms with E-state index in [1.807, 2.05) is 6.92 Å². The number of hydrogen-bond acceptors (Lipinski definition) is 2. The van der Waals surface area contributed by atoms with E-state index in [1.54, 1.807) is 6.92 Å². The summed E-state index contributed by atoms with van der Waals surface area (Å²) in [7, 11) is 0. The number of rotatable bonds is 1. The Morgan fingerprint density at radius 1 is 1.82 bits per heavy atom. The zero-order valence-electron chi connectivity index (χ0n) is 6.43. The Morgan fingerprint density at radius 3 is 2.55 bits per heavy atom. The van der Waals surface area contributed by atoms with Crippen molar-refractivity contribution in [2.45, 2.75) is 31.5 Å². The molecule has 0 aliphatic carbocycles. The molecule has 0 bridgehead atoms.